The Morgan fingerprint density at radius 3 is 2.96 bits per heavy atom. The number of thiophene rings is 1. The minimum absolute atomic E-state index is 0. The van der Waals surface area contributed by atoms with Gasteiger partial charge in [-0.05, 0) is 37.7 Å². The van der Waals surface area contributed by atoms with E-state index < -0.39 is 0 Å². The average molecular weight is 411 g/mol. The molecule has 2 aromatic rings. The summed E-state index contributed by atoms with van der Waals surface area (Å²) in [6.07, 6.45) is 4.04. The molecule has 1 fully saturated rings. The molecular formula is C19H27ClN4O2S. The molecule has 1 aliphatic carbocycles. The van der Waals surface area contributed by atoms with Gasteiger partial charge in [0.15, 0.2) is 0 Å². The van der Waals surface area contributed by atoms with Crippen molar-refractivity contribution in [1.29, 1.82) is 0 Å². The van der Waals surface area contributed by atoms with Gasteiger partial charge < -0.3 is 15.2 Å². The van der Waals surface area contributed by atoms with Crippen LogP contribution in [0.15, 0.2) is 4.79 Å². The van der Waals surface area contributed by atoms with E-state index in [-0.39, 0.29) is 23.9 Å². The second-order valence-corrected chi connectivity index (χ2v) is 8.82. The van der Waals surface area contributed by atoms with Crippen molar-refractivity contribution in [3.63, 3.8) is 0 Å². The Labute approximate surface area is 169 Å². The summed E-state index contributed by atoms with van der Waals surface area (Å²) in [5.41, 5.74) is 1.16. The Kier molecular flexibility index (Phi) is 6.23. The largest absolute Gasteiger partial charge is 0.340 e. The van der Waals surface area contributed by atoms with Crippen molar-refractivity contribution in [3.05, 3.63) is 26.6 Å². The van der Waals surface area contributed by atoms with Gasteiger partial charge in [0.05, 0.1) is 5.39 Å². The van der Waals surface area contributed by atoms with Crippen LogP contribution in [0.2, 0.25) is 0 Å². The van der Waals surface area contributed by atoms with Gasteiger partial charge >= 0.3 is 0 Å². The molecule has 8 heteroatoms. The van der Waals surface area contributed by atoms with E-state index in [0.717, 1.165) is 49.1 Å². The highest BCUT2D eigenvalue weighted by atomic mass is 35.5. The molecule has 2 unspecified atom stereocenters. The van der Waals surface area contributed by atoms with Crippen molar-refractivity contribution < 1.29 is 4.79 Å². The molecule has 0 aromatic carbocycles. The molecule has 1 saturated heterocycles. The number of carbonyl (C=O) groups excluding carboxylic acids is 1. The van der Waals surface area contributed by atoms with E-state index in [1.165, 1.54) is 10.4 Å². The lowest BCUT2D eigenvalue weighted by Crippen LogP contribution is -2.51. The number of fused-ring (bicyclic) bond motifs is 3. The van der Waals surface area contributed by atoms with Gasteiger partial charge in [-0.3, -0.25) is 9.59 Å². The highest BCUT2D eigenvalue weighted by molar-refractivity contribution is 7.18. The first-order valence-electron chi connectivity index (χ1n) is 9.56. The monoisotopic (exact) mass is 410 g/mol. The van der Waals surface area contributed by atoms with Crippen LogP contribution in [0.5, 0.6) is 0 Å². The number of aromatic nitrogens is 2. The molecule has 0 spiro atoms. The number of nitrogens with one attached hydrogen (secondary N) is 2. The van der Waals surface area contributed by atoms with Crippen molar-refractivity contribution in [1.82, 2.24) is 20.2 Å². The maximum absolute atomic E-state index is 12.6. The maximum Gasteiger partial charge on any atom is 0.259 e. The number of hydrogen-bond donors (Lipinski definition) is 2. The molecule has 0 saturated carbocycles. The summed E-state index contributed by atoms with van der Waals surface area (Å²) in [7, 11) is 0. The summed E-state index contributed by atoms with van der Waals surface area (Å²) in [5.74, 6) is 1.44. The Bertz CT molecular complexity index is 894. The van der Waals surface area contributed by atoms with Crippen molar-refractivity contribution >= 4 is 39.9 Å². The molecule has 6 nitrogen and oxygen atoms in total. The summed E-state index contributed by atoms with van der Waals surface area (Å²) in [6, 6.07) is 0.335. The lowest BCUT2D eigenvalue weighted by molar-refractivity contribution is -0.132. The molecule has 2 N–H and O–H groups in total. The number of amides is 1. The zero-order valence-corrected chi connectivity index (χ0v) is 17.5. The SMILES string of the molecule is CC1CCc2c(sc3nc(CCC(=O)N4CCNC(C)C4)[nH]c(=O)c23)C1.Cl. The predicted octanol–water partition coefficient (Wildman–Crippen LogP) is 2.28. The maximum atomic E-state index is 12.6. The number of rotatable bonds is 3. The molecule has 1 amide bonds. The number of hydrogen-bond acceptors (Lipinski definition) is 5. The Morgan fingerprint density at radius 2 is 2.19 bits per heavy atom. The molecule has 2 aromatic heterocycles. The van der Waals surface area contributed by atoms with Gasteiger partial charge in [-0.15, -0.1) is 23.7 Å². The van der Waals surface area contributed by atoms with Gasteiger partial charge in [0, 0.05) is 43.4 Å². The number of nitrogens with zero attached hydrogens (tertiary/aromatic N) is 2. The predicted molar refractivity (Wildman–Crippen MR) is 111 cm³/mol. The fraction of sp³-hybridized carbons (Fsp3) is 0.632. The van der Waals surface area contributed by atoms with Crippen LogP contribution in [-0.2, 0) is 24.1 Å². The van der Waals surface area contributed by atoms with Crippen LogP contribution in [0.4, 0.5) is 0 Å². The minimum atomic E-state index is -0.0414. The topological polar surface area (TPSA) is 78.1 Å². The summed E-state index contributed by atoms with van der Waals surface area (Å²) < 4.78 is 0. The van der Waals surface area contributed by atoms with E-state index in [0.29, 0.717) is 30.6 Å². The minimum Gasteiger partial charge on any atom is -0.340 e. The molecule has 27 heavy (non-hydrogen) atoms. The summed E-state index contributed by atoms with van der Waals surface area (Å²) >= 11 is 1.66. The fourth-order valence-corrected chi connectivity index (χ4v) is 5.46. The van der Waals surface area contributed by atoms with Gasteiger partial charge in [0.1, 0.15) is 10.7 Å². The molecule has 1 aliphatic heterocycles. The number of H-pyrrole nitrogens is 1. The van der Waals surface area contributed by atoms with Crippen LogP contribution in [0.1, 0.15) is 43.0 Å². The first-order chi connectivity index (χ1) is 12.5. The van der Waals surface area contributed by atoms with E-state index >= 15 is 0 Å². The van der Waals surface area contributed by atoms with E-state index in [1.807, 2.05) is 4.90 Å². The first kappa shape index (κ1) is 20.3. The second-order valence-electron chi connectivity index (χ2n) is 7.74. The number of halogens is 1. The summed E-state index contributed by atoms with van der Waals surface area (Å²) in [6.45, 7) is 6.69. The third kappa shape index (κ3) is 4.20. The smallest absolute Gasteiger partial charge is 0.259 e. The summed E-state index contributed by atoms with van der Waals surface area (Å²) in [4.78, 5) is 36.7. The van der Waals surface area contributed by atoms with Crippen LogP contribution in [0, 0.1) is 5.92 Å². The molecular weight excluding hydrogens is 384 g/mol. The molecule has 3 heterocycles. The van der Waals surface area contributed by atoms with Gasteiger partial charge in [-0.25, -0.2) is 4.98 Å². The third-order valence-corrected chi connectivity index (χ3v) is 6.66. The van der Waals surface area contributed by atoms with E-state index in [1.54, 1.807) is 11.3 Å². The Balaban J connectivity index is 0.00000210. The second kappa shape index (κ2) is 8.29. The van der Waals surface area contributed by atoms with Crippen LogP contribution in [0.25, 0.3) is 10.2 Å². The standard InChI is InChI=1S/C19H26N4O2S.ClH/c1-11-3-4-13-14(9-11)26-19-17(13)18(25)21-15(22-19)5-6-16(24)23-8-7-20-12(2)10-23;/h11-12,20H,3-10H2,1-2H3,(H,21,22,25);1H. The van der Waals surface area contributed by atoms with Gasteiger partial charge in [0.2, 0.25) is 5.91 Å². The van der Waals surface area contributed by atoms with Crippen LogP contribution in [-0.4, -0.2) is 46.5 Å². The van der Waals surface area contributed by atoms with E-state index in [4.69, 9.17) is 0 Å². The number of aryl methyl sites for hydroxylation is 2. The lowest BCUT2D eigenvalue weighted by atomic mass is 9.89. The molecule has 0 radical (unpaired) electrons. The van der Waals surface area contributed by atoms with Gasteiger partial charge in [-0.2, -0.15) is 0 Å². The highest BCUT2D eigenvalue weighted by Gasteiger charge is 2.24. The normalized spacial score (nSPS) is 22.4. The van der Waals surface area contributed by atoms with E-state index in [2.05, 4.69) is 29.1 Å². The number of carbonyl (C=O) groups is 1. The molecule has 2 aliphatic rings. The third-order valence-electron chi connectivity index (χ3n) is 5.51. The highest BCUT2D eigenvalue weighted by Crippen LogP contribution is 2.35. The first-order valence-corrected chi connectivity index (χ1v) is 10.4. The van der Waals surface area contributed by atoms with Crippen molar-refractivity contribution in [2.75, 3.05) is 19.6 Å². The Morgan fingerprint density at radius 1 is 1.37 bits per heavy atom. The van der Waals surface area contributed by atoms with Crippen molar-refractivity contribution in [2.45, 2.75) is 52.0 Å². The number of piperazine rings is 1. The van der Waals surface area contributed by atoms with Crippen molar-refractivity contribution in [2.24, 2.45) is 5.92 Å². The zero-order valence-electron chi connectivity index (χ0n) is 15.8. The lowest BCUT2D eigenvalue weighted by Gasteiger charge is -2.31. The molecule has 148 valence electrons. The molecule has 2 atom stereocenters. The van der Waals surface area contributed by atoms with Crippen LogP contribution < -0.4 is 10.9 Å². The zero-order chi connectivity index (χ0) is 18.3. The average Bonchev–Trinajstić information content (AvgIpc) is 2.97. The van der Waals surface area contributed by atoms with Gasteiger partial charge in [-0.1, -0.05) is 6.92 Å². The van der Waals surface area contributed by atoms with Crippen molar-refractivity contribution in [3.8, 4) is 0 Å². The quantitative estimate of drug-likeness (QED) is 0.813. The molecule has 4 rings (SSSR count). The van der Waals surface area contributed by atoms with E-state index in [9.17, 15) is 9.59 Å². The van der Waals surface area contributed by atoms with Gasteiger partial charge in [0.25, 0.3) is 5.56 Å². The fourth-order valence-electron chi connectivity index (χ4n) is 4.05. The van der Waals surface area contributed by atoms with Crippen LogP contribution in [0.3, 0.4) is 0 Å². The Hall–Kier alpha value is -1.44. The van der Waals surface area contributed by atoms with Crippen LogP contribution >= 0.6 is 23.7 Å². The number of aromatic amines is 1. The molecule has 0 bridgehead atoms. The summed E-state index contributed by atoms with van der Waals surface area (Å²) in [5, 5.41) is 4.12.